The van der Waals surface area contributed by atoms with Crippen molar-refractivity contribution in [2.75, 3.05) is 40.4 Å². The molecule has 0 atom stereocenters. The number of nitrogens with zero attached hydrogens (tertiary/aromatic N) is 2. The van der Waals surface area contributed by atoms with E-state index in [1.165, 1.54) is 0 Å². The topological polar surface area (TPSA) is 71.1 Å². The van der Waals surface area contributed by atoms with Crippen molar-refractivity contribution in [3.05, 3.63) is 23.3 Å². The number of carbonyl (C=O) groups is 2. The highest BCUT2D eigenvalue weighted by atomic mass is 16.5. The van der Waals surface area contributed by atoms with E-state index < -0.39 is 0 Å². The summed E-state index contributed by atoms with van der Waals surface area (Å²) in [6.45, 7) is 7.75. The number of methoxy groups -OCH3 is 2. The fourth-order valence-corrected chi connectivity index (χ4v) is 2.84. The molecule has 25 heavy (non-hydrogen) atoms. The third kappa shape index (κ3) is 4.35. The standard InChI is InChI=1S/C18H27N3O4/c1-12(2)19-18(23)21-8-6-20(7-9-21)17(22)14-11-15(24-4)13(3)10-16(14)25-5/h10-12H,6-9H2,1-5H3,(H,19,23). The molecule has 1 fully saturated rings. The van der Waals surface area contributed by atoms with Crippen LogP contribution in [-0.2, 0) is 0 Å². The molecule has 1 aliphatic rings. The molecule has 2 rings (SSSR count). The minimum absolute atomic E-state index is 0.0864. The second-order valence-corrected chi connectivity index (χ2v) is 6.41. The Balaban J connectivity index is 2.09. The maximum Gasteiger partial charge on any atom is 0.317 e. The summed E-state index contributed by atoms with van der Waals surface area (Å²) in [5.74, 6) is 1.07. The number of piperazine rings is 1. The van der Waals surface area contributed by atoms with Crippen LogP contribution in [-0.4, -0.2) is 68.2 Å². The van der Waals surface area contributed by atoms with Crippen LogP contribution in [0.4, 0.5) is 4.79 Å². The SMILES string of the molecule is COc1cc(C(=O)N2CCN(C(=O)NC(C)C)CC2)c(OC)cc1C. The summed E-state index contributed by atoms with van der Waals surface area (Å²) in [5, 5.41) is 2.87. The molecule has 138 valence electrons. The van der Waals surface area contributed by atoms with Gasteiger partial charge in [0.1, 0.15) is 11.5 Å². The zero-order valence-electron chi connectivity index (χ0n) is 15.6. The minimum atomic E-state index is -0.112. The van der Waals surface area contributed by atoms with Crippen molar-refractivity contribution in [2.24, 2.45) is 0 Å². The summed E-state index contributed by atoms with van der Waals surface area (Å²) in [7, 11) is 3.13. The van der Waals surface area contributed by atoms with E-state index >= 15 is 0 Å². The minimum Gasteiger partial charge on any atom is -0.496 e. The predicted molar refractivity (Wildman–Crippen MR) is 95.4 cm³/mol. The van der Waals surface area contributed by atoms with Gasteiger partial charge < -0.3 is 24.6 Å². The van der Waals surface area contributed by atoms with Crippen LogP contribution in [0.1, 0.15) is 29.8 Å². The summed E-state index contributed by atoms with van der Waals surface area (Å²) < 4.78 is 10.7. The van der Waals surface area contributed by atoms with E-state index in [2.05, 4.69) is 5.32 Å². The van der Waals surface area contributed by atoms with Crippen molar-refractivity contribution < 1.29 is 19.1 Å². The average Bonchev–Trinajstić information content (AvgIpc) is 2.60. The molecule has 3 amide bonds. The van der Waals surface area contributed by atoms with Crippen molar-refractivity contribution in [3.8, 4) is 11.5 Å². The van der Waals surface area contributed by atoms with E-state index in [4.69, 9.17) is 9.47 Å². The zero-order chi connectivity index (χ0) is 18.6. The number of nitrogens with one attached hydrogen (secondary N) is 1. The third-order valence-corrected chi connectivity index (χ3v) is 4.21. The lowest BCUT2D eigenvalue weighted by molar-refractivity contribution is 0.0660. The molecule has 1 aromatic carbocycles. The van der Waals surface area contributed by atoms with Gasteiger partial charge in [-0.1, -0.05) is 0 Å². The second kappa shape index (κ2) is 8.09. The first-order valence-electron chi connectivity index (χ1n) is 8.44. The van der Waals surface area contributed by atoms with E-state index in [9.17, 15) is 9.59 Å². The van der Waals surface area contributed by atoms with Gasteiger partial charge >= 0.3 is 6.03 Å². The lowest BCUT2D eigenvalue weighted by Crippen LogP contribution is -2.54. The molecule has 0 aliphatic carbocycles. The Morgan fingerprint density at radius 1 is 1.00 bits per heavy atom. The molecule has 0 unspecified atom stereocenters. The van der Waals surface area contributed by atoms with Crippen LogP contribution >= 0.6 is 0 Å². The lowest BCUT2D eigenvalue weighted by atomic mass is 10.1. The van der Waals surface area contributed by atoms with Gasteiger partial charge in [-0.2, -0.15) is 0 Å². The number of benzene rings is 1. The number of aryl methyl sites for hydroxylation is 1. The summed E-state index contributed by atoms with van der Waals surface area (Å²) in [6, 6.07) is 3.53. The van der Waals surface area contributed by atoms with Gasteiger partial charge in [0, 0.05) is 32.2 Å². The third-order valence-electron chi connectivity index (χ3n) is 4.21. The van der Waals surface area contributed by atoms with E-state index in [1.807, 2.05) is 20.8 Å². The Morgan fingerprint density at radius 3 is 2.08 bits per heavy atom. The summed E-state index contributed by atoms with van der Waals surface area (Å²) >= 11 is 0. The summed E-state index contributed by atoms with van der Waals surface area (Å²) in [5.41, 5.74) is 1.39. The molecule has 1 N–H and O–H groups in total. The lowest BCUT2D eigenvalue weighted by Gasteiger charge is -2.35. The number of hydrogen-bond donors (Lipinski definition) is 1. The summed E-state index contributed by atoms with van der Waals surface area (Å²) in [6.07, 6.45) is 0. The van der Waals surface area contributed by atoms with Gasteiger partial charge in [-0.3, -0.25) is 4.79 Å². The van der Waals surface area contributed by atoms with Crippen LogP contribution in [0.15, 0.2) is 12.1 Å². The first kappa shape index (κ1) is 18.9. The molecule has 1 saturated heterocycles. The fourth-order valence-electron chi connectivity index (χ4n) is 2.84. The smallest absolute Gasteiger partial charge is 0.317 e. The molecule has 7 nitrogen and oxygen atoms in total. The highest BCUT2D eigenvalue weighted by Gasteiger charge is 2.27. The average molecular weight is 349 g/mol. The molecule has 0 spiro atoms. The first-order chi connectivity index (χ1) is 11.9. The van der Waals surface area contributed by atoms with Crippen LogP contribution in [0.3, 0.4) is 0 Å². The molecule has 1 aliphatic heterocycles. The Bertz CT molecular complexity index is 637. The molecule has 0 bridgehead atoms. The molecular weight excluding hydrogens is 322 g/mol. The monoisotopic (exact) mass is 349 g/mol. The maximum atomic E-state index is 12.9. The van der Waals surface area contributed by atoms with Gasteiger partial charge in [-0.05, 0) is 38.5 Å². The van der Waals surface area contributed by atoms with Gasteiger partial charge in [0.05, 0.1) is 19.8 Å². The normalized spacial score (nSPS) is 14.5. The molecule has 1 heterocycles. The largest absolute Gasteiger partial charge is 0.496 e. The molecule has 7 heteroatoms. The van der Waals surface area contributed by atoms with E-state index in [0.717, 1.165) is 5.56 Å². The number of urea groups is 1. The van der Waals surface area contributed by atoms with Gasteiger partial charge in [-0.25, -0.2) is 4.79 Å². The Kier molecular flexibility index (Phi) is 6.12. The number of carbonyl (C=O) groups excluding carboxylic acids is 2. The van der Waals surface area contributed by atoms with E-state index in [-0.39, 0.29) is 18.0 Å². The van der Waals surface area contributed by atoms with Crippen molar-refractivity contribution in [3.63, 3.8) is 0 Å². The number of amides is 3. The van der Waals surface area contributed by atoms with Crippen LogP contribution in [0.5, 0.6) is 11.5 Å². The van der Waals surface area contributed by atoms with E-state index in [0.29, 0.717) is 43.2 Å². The van der Waals surface area contributed by atoms with Crippen LogP contribution in [0.2, 0.25) is 0 Å². The van der Waals surface area contributed by atoms with Gasteiger partial charge in [0.25, 0.3) is 5.91 Å². The number of ether oxygens (including phenoxy) is 2. The highest BCUT2D eigenvalue weighted by Crippen LogP contribution is 2.29. The summed E-state index contributed by atoms with van der Waals surface area (Å²) in [4.78, 5) is 28.4. The first-order valence-corrected chi connectivity index (χ1v) is 8.44. The Labute approximate surface area is 148 Å². The maximum absolute atomic E-state index is 12.9. The van der Waals surface area contributed by atoms with Crippen LogP contribution in [0, 0.1) is 6.92 Å². The van der Waals surface area contributed by atoms with E-state index in [1.54, 1.807) is 36.2 Å². The second-order valence-electron chi connectivity index (χ2n) is 6.41. The Hall–Kier alpha value is -2.44. The fraction of sp³-hybridized carbons (Fsp3) is 0.556. The van der Waals surface area contributed by atoms with Crippen molar-refractivity contribution >= 4 is 11.9 Å². The zero-order valence-corrected chi connectivity index (χ0v) is 15.6. The molecule has 0 saturated carbocycles. The highest BCUT2D eigenvalue weighted by molar-refractivity contribution is 5.97. The Morgan fingerprint density at radius 2 is 1.56 bits per heavy atom. The number of rotatable bonds is 4. The predicted octanol–water partition coefficient (Wildman–Crippen LogP) is 1.89. The van der Waals surface area contributed by atoms with Gasteiger partial charge in [0.15, 0.2) is 0 Å². The van der Waals surface area contributed by atoms with Crippen molar-refractivity contribution in [1.29, 1.82) is 0 Å². The molecule has 1 aromatic rings. The van der Waals surface area contributed by atoms with Gasteiger partial charge in [0.2, 0.25) is 0 Å². The molecule has 0 aromatic heterocycles. The quantitative estimate of drug-likeness (QED) is 0.901. The molecule has 0 radical (unpaired) electrons. The van der Waals surface area contributed by atoms with Crippen molar-refractivity contribution in [2.45, 2.75) is 26.8 Å². The van der Waals surface area contributed by atoms with Crippen LogP contribution in [0.25, 0.3) is 0 Å². The van der Waals surface area contributed by atoms with Gasteiger partial charge in [-0.15, -0.1) is 0 Å². The van der Waals surface area contributed by atoms with Crippen LogP contribution < -0.4 is 14.8 Å². The molecular formula is C18H27N3O4. The van der Waals surface area contributed by atoms with Crippen molar-refractivity contribution in [1.82, 2.24) is 15.1 Å². The number of hydrogen-bond acceptors (Lipinski definition) is 4.